The molecule has 1 aliphatic rings. The SMILES string of the molecule is C=CCN1C(=O)C[C@@H](c2ccccc2Cl)C(C(=O)OCC(C)C)=C1C. The monoisotopic (exact) mass is 361 g/mol. The molecule has 1 aromatic rings. The second-order valence-electron chi connectivity index (χ2n) is 6.56. The number of nitrogens with zero attached hydrogens (tertiary/aromatic N) is 1. The number of amides is 1. The van der Waals surface area contributed by atoms with Gasteiger partial charge in [0.1, 0.15) is 0 Å². The third kappa shape index (κ3) is 4.31. The van der Waals surface area contributed by atoms with Gasteiger partial charge < -0.3 is 9.64 Å². The van der Waals surface area contributed by atoms with Crippen LogP contribution in [0.2, 0.25) is 5.02 Å². The molecule has 0 aromatic heterocycles. The first-order valence-corrected chi connectivity index (χ1v) is 8.78. The molecule has 0 fully saturated rings. The molecule has 0 saturated heterocycles. The lowest BCUT2D eigenvalue weighted by atomic mass is 9.83. The highest BCUT2D eigenvalue weighted by Gasteiger charge is 2.37. The van der Waals surface area contributed by atoms with Crippen molar-refractivity contribution in [1.29, 1.82) is 0 Å². The van der Waals surface area contributed by atoms with E-state index in [1.54, 1.807) is 24.0 Å². The molecular weight excluding hydrogens is 338 g/mol. The van der Waals surface area contributed by atoms with Gasteiger partial charge in [0.2, 0.25) is 5.91 Å². The fraction of sp³-hybridized carbons (Fsp3) is 0.400. The Kier molecular flexibility index (Phi) is 6.43. The van der Waals surface area contributed by atoms with Crippen LogP contribution in [0, 0.1) is 5.92 Å². The molecule has 0 unspecified atom stereocenters. The highest BCUT2D eigenvalue weighted by molar-refractivity contribution is 6.31. The van der Waals surface area contributed by atoms with Crippen molar-refractivity contribution < 1.29 is 14.3 Å². The number of hydrogen-bond acceptors (Lipinski definition) is 3. The summed E-state index contributed by atoms with van der Waals surface area (Å²) in [5.41, 5.74) is 1.87. The Morgan fingerprint density at radius 1 is 1.44 bits per heavy atom. The minimum Gasteiger partial charge on any atom is -0.462 e. The van der Waals surface area contributed by atoms with E-state index in [1.165, 1.54) is 0 Å². The number of benzene rings is 1. The molecule has 1 aliphatic heterocycles. The summed E-state index contributed by atoms with van der Waals surface area (Å²) in [4.78, 5) is 26.9. The summed E-state index contributed by atoms with van der Waals surface area (Å²) in [6, 6.07) is 7.30. The Labute approximate surface area is 154 Å². The van der Waals surface area contributed by atoms with Gasteiger partial charge in [-0.2, -0.15) is 0 Å². The number of halogens is 1. The zero-order chi connectivity index (χ0) is 18.6. The van der Waals surface area contributed by atoms with Gasteiger partial charge in [0.25, 0.3) is 0 Å². The van der Waals surface area contributed by atoms with Gasteiger partial charge in [0.05, 0.1) is 12.2 Å². The molecule has 4 nitrogen and oxygen atoms in total. The van der Waals surface area contributed by atoms with Crippen molar-refractivity contribution in [3.8, 4) is 0 Å². The van der Waals surface area contributed by atoms with Crippen LogP contribution in [-0.2, 0) is 14.3 Å². The summed E-state index contributed by atoms with van der Waals surface area (Å²) >= 11 is 6.33. The maximum atomic E-state index is 12.8. The molecule has 0 spiro atoms. The second kappa shape index (κ2) is 8.34. The molecule has 2 rings (SSSR count). The van der Waals surface area contributed by atoms with Crippen LogP contribution in [0.15, 0.2) is 48.2 Å². The third-order valence-electron chi connectivity index (χ3n) is 4.18. The van der Waals surface area contributed by atoms with Crippen LogP contribution in [0.3, 0.4) is 0 Å². The van der Waals surface area contributed by atoms with Crippen LogP contribution >= 0.6 is 11.6 Å². The average Bonchev–Trinajstić information content (AvgIpc) is 2.56. The topological polar surface area (TPSA) is 46.6 Å². The van der Waals surface area contributed by atoms with E-state index in [1.807, 2.05) is 32.0 Å². The van der Waals surface area contributed by atoms with Gasteiger partial charge in [0, 0.05) is 29.6 Å². The standard InChI is InChI=1S/C20H24ClNO3/c1-5-10-22-14(4)19(20(24)25-12-13(2)3)16(11-18(22)23)15-8-6-7-9-17(15)21/h5-9,13,16H,1,10-12H2,2-4H3/t16-/m0/s1. The molecule has 0 radical (unpaired) electrons. The van der Waals surface area contributed by atoms with Crippen molar-refractivity contribution in [3.05, 3.63) is 58.8 Å². The second-order valence-corrected chi connectivity index (χ2v) is 6.97. The van der Waals surface area contributed by atoms with Crippen molar-refractivity contribution in [3.63, 3.8) is 0 Å². The number of hydrogen-bond donors (Lipinski definition) is 0. The zero-order valence-corrected chi connectivity index (χ0v) is 15.7. The van der Waals surface area contributed by atoms with Crippen molar-refractivity contribution in [1.82, 2.24) is 4.90 Å². The summed E-state index contributed by atoms with van der Waals surface area (Å²) in [5, 5.41) is 0.541. The maximum Gasteiger partial charge on any atom is 0.336 e. The number of carbonyl (C=O) groups is 2. The first kappa shape index (κ1) is 19.3. The van der Waals surface area contributed by atoms with Crippen molar-refractivity contribution in [2.24, 2.45) is 5.92 Å². The van der Waals surface area contributed by atoms with E-state index in [4.69, 9.17) is 16.3 Å². The summed E-state index contributed by atoms with van der Waals surface area (Å²) in [7, 11) is 0. The molecular formula is C20H24ClNO3. The number of ether oxygens (including phenoxy) is 1. The predicted molar refractivity (Wildman–Crippen MR) is 99.2 cm³/mol. The molecule has 1 aromatic carbocycles. The van der Waals surface area contributed by atoms with E-state index >= 15 is 0 Å². The molecule has 134 valence electrons. The lowest BCUT2D eigenvalue weighted by Gasteiger charge is -2.34. The Morgan fingerprint density at radius 3 is 2.72 bits per heavy atom. The maximum absolute atomic E-state index is 12.8. The van der Waals surface area contributed by atoms with Gasteiger partial charge in [-0.15, -0.1) is 6.58 Å². The fourth-order valence-electron chi connectivity index (χ4n) is 2.97. The van der Waals surface area contributed by atoms with Crippen LogP contribution in [0.1, 0.15) is 38.7 Å². The van der Waals surface area contributed by atoms with Crippen molar-refractivity contribution in [2.45, 2.75) is 33.1 Å². The van der Waals surface area contributed by atoms with Crippen LogP contribution in [-0.4, -0.2) is 29.9 Å². The van der Waals surface area contributed by atoms with Gasteiger partial charge >= 0.3 is 5.97 Å². The summed E-state index contributed by atoms with van der Waals surface area (Å²) in [6.45, 7) is 10.1. The molecule has 1 atom stereocenters. The Hall–Kier alpha value is -2.07. The molecule has 1 amide bonds. The van der Waals surface area contributed by atoms with Gasteiger partial charge in [-0.05, 0) is 24.5 Å². The fourth-order valence-corrected chi connectivity index (χ4v) is 3.24. The number of rotatable bonds is 6. The molecule has 0 saturated carbocycles. The largest absolute Gasteiger partial charge is 0.462 e. The highest BCUT2D eigenvalue weighted by Crippen LogP contribution is 2.39. The molecule has 0 N–H and O–H groups in total. The minimum absolute atomic E-state index is 0.0530. The Morgan fingerprint density at radius 2 is 2.12 bits per heavy atom. The van der Waals surface area contributed by atoms with Gasteiger partial charge in [-0.1, -0.05) is 49.7 Å². The summed E-state index contributed by atoms with van der Waals surface area (Å²) in [6.07, 6.45) is 1.83. The van der Waals surface area contributed by atoms with Crippen LogP contribution < -0.4 is 0 Å². The van der Waals surface area contributed by atoms with Crippen molar-refractivity contribution in [2.75, 3.05) is 13.2 Å². The number of carbonyl (C=O) groups excluding carboxylic acids is 2. The van der Waals surface area contributed by atoms with E-state index in [0.717, 1.165) is 5.56 Å². The van der Waals surface area contributed by atoms with E-state index in [-0.39, 0.29) is 18.2 Å². The highest BCUT2D eigenvalue weighted by atomic mass is 35.5. The first-order valence-electron chi connectivity index (χ1n) is 8.40. The number of esters is 1. The molecule has 25 heavy (non-hydrogen) atoms. The van der Waals surface area contributed by atoms with E-state index in [9.17, 15) is 9.59 Å². The first-order chi connectivity index (χ1) is 11.9. The van der Waals surface area contributed by atoms with E-state index < -0.39 is 11.9 Å². The summed E-state index contributed by atoms with van der Waals surface area (Å²) in [5.74, 6) is -0.611. The number of allylic oxidation sites excluding steroid dienone is 1. The lowest BCUT2D eigenvalue weighted by Crippen LogP contribution is -2.38. The average molecular weight is 362 g/mol. The van der Waals surface area contributed by atoms with E-state index in [2.05, 4.69) is 6.58 Å². The van der Waals surface area contributed by atoms with Gasteiger partial charge in [-0.25, -0.2) is 4.79 Å². The Bertz CT molecular complexity index is 709. The van der Waals surface area contributed by atoms with Crippen LogP contribution in [0.25, 0.3) is 0 Å². The van der Waals surface area contributed by atoms with E-state index in [0.29, 0.717) is 29.4 Å². The molecule has 5 heteroatoms. The minimum atomic E-state index is -0.401. The van der Waals surface area contributed by atoms with Gasteiger partial charge in [-0.3, -0.25) is 4.79 Å². The van der Waals surface area contributed by atoms with Crippen LogP contribution in [0.5, 0.6) is 0 Å². The quantitative estimate of drug-likeness (QED) is 0.560. The zero-order valence-electron chi connectivity index (χ0n) is 14.9. The van der Waals surface area contributed by atoms with Crippen LogP contribution in [0.4, 0.5) is 0 Å². The predicted octanol–water partition coefficient (Wildman–Crippen LogP) is 4.32. The molecule has 1 heterocycles. The Balaban J connectivity index is 2.49. The lowest BCUT2D eigenvalue weighted by molar-refractivity contribution is -0.141. The summed E-state index contributed by atoms with van der Waals surface area (Å²) < 4.78 is 5.46. The molecule has 0 bridgehead atoms. The normalized spacial score (nSPS) is 17.9. The van der Waals surface area contributed by atoms with Gasteiger partial charge in [0.15, 0.2) is 0 Å². The van der Waals surface area contributed by atoms with Crippen molar-refractivity contribution >= 4 is 23.5 Å². The smallest absolute Gasteiger partial charge is 0.336 e. The molecule has 0 aliphatic carbocycles. The third-order valence-corrected chi connectivity index (χ3v) is 4.53.